The molecule has 0 spiro atoms. The normalized spacial score (nSPS) is 11.8. The summed E-state index contributed by atoms with van der Waals surface area (Å²) in [7, 11) is 0. The van der Waals surface area contributed by atoms with E-state index in [0.29, 0.717) is 23.4 Å². The van der Waals surface area contributed by atoms with E-state index in [-0.39, 0.29) is 17.2 Å². The van der Waals surface area contributed by atoms with Crippen molar-refractivity contribution in [2.75, 3.05) is 10.6 Å². The fourth-order valence-corrected chi connectivity index (χ4v) is 5.35. The van der Waals surface area contributed by atoms with Crippen LogP contribution in [0.1, 0.15) is 39.6 Å². The molecule has 3 aromatic carbocycles. The second kappa shape index (κ2) is 14.1. The molecule has 4 rings (SSSR count). The Hall–Kier alpha value is -4.67. The predicted octanol–water partition coefficient (Wildman–Crippen LogP) is 6.37. The van der Waals surface area contributed by atoms with E-state index in [1.54, 1.807) is 60.7 Å². The molecule has 1 heterocycles. The van der Waals surface area contributed by atoms with Gasteiger partial charge in [0.15, 0.2) is 0 Å². The molecule has 4 aromatic rings. The predicted molar refractivity (Wildman–Crippen MR) is 163 cm³/mol. The third-order valence-electron chi connectivity index (χ3n) is 5.82. The maximum absolute atomic E-state index is 13.3. The van der Waals surface area contributed by atoms with E-state index >= 15 is 0 Å². The first-order valence-corrected chi connectivity index (χ1v) is 14.5. The number of thioether (sulfide) groups is 1. The number of carboxylic acids is 1. The zero-order chi connectivity index (χ0) is 29.2. The van der Waals surface area contributed by atoms with Crippen LogP contribution in [-0.4, -0.2) is 34.0 Å². The number of aromatic carboxylic acids is 1. The van der Waals surface area contributed by atoms with Crippen LogP contribution in [0.5, 0.6) is 0 Å². The molecule has 0 fully saturated rings. The number of hydrogen-bond donors (Lipinski definition) is 4. The summed E-state index contributed by atoms with van der Waals surface area (Å²) >= 11 is 2.82. The van der Waals surface area contributed by atoms with Crippen molar-refractivity contribution >= 4 is 64.2 Å². The standard InChI is InChI=1S/C31H27N3O5S2/c1-2-27(30(37)32-23-13-11-22(12-14-23)31(38)39)41-25-10-6-9-24(18-25)33-29(36)26(17-20-15-16-40-19-20)34-28(35)21-7-4-3-5-8-21/h3-19,27H,2H2,1H3,(H,32,37)(H,33,36)(H,34,35)(H,38,39)/b26-17-. The zero-order valence-corrected chi connectivity index (χ0v) is 23.6. The van der Waals surface area contributed by atoms with Gasteiger partial charge in [0.05, 0.1) is 10.8 Å². The van der Waals surface area contributed by atoms with Gasteiger partial charge in [0, 0.05) is 21.8 Å². The molecule has 208 valence electrons. The van der Waals surface area contributed by atoms with E-state index in [9.17, 15) is 19.2 Å². The van der Waals surface area contributed by atoms with Gasteiger partial charge in [-0.3, -0.25) is 14.4 Å². The lowest BCUT2D eigenvalue weighted by Gasteiger charge is -2.16. The van der Waals surface area contributed by atoms with Gasteiger partial charge in [-0.2, -0.15) is 11.3 Å². The second-order valence-electron chi connectivity index (χ2n) is 8.80. The molecule has 10 heteroatoms. The van der Waals surface area contributed by atoms with Gasteiger partial charge in [-0.1, -0.05) is 31.2 Å². The first-order chi connectivity index (χ1) is 19.8. The minimum atomic E-state index is -1.04. The van der Waals surface area contributed by atoms with Gasteiger partial charge in [0.25, 0.3) is 11.8 Å². The molecule has 0 radical (unpaired) electrons. The molecule has 4 N–H and O–H groups in total. The van der Waals surface area contributed by atoms with Crippen molar-refractivity contribution in [3.05, 3.63) is 118 Å². The average molecular weight is 586 g/mol. The van der Waals surface area contributed by atoms with Crippen LogP contribution in [0.25, 0.3) is 6.08 Å². The maximum Gasteiger partial charge on any atom is 0.335 e. The topological polar surface area (TPSA) is 125 Å². The van der Waals surface area contributed by atoms with Crippen molar-refractivity contribution in [2.24, 2.45) is 0 Å². The number of carbonyl (C=O) groups is 4. The number of hydrogen-bond acceptors (Lipinski definition) is 6. The number of amides is 3. The van der Waals surface area contributed by atoms with Crippen LogP contribution in [0.2, 0.25) is 0 Å². The number of benzene rings is 3. The first-order valence-electron chi connectivity index (χ1n) is 12.6. The summed E-state index contributed by atoms with van der Waals surface area (Å²) in [5.74, 6) is -2.15. The van der Waals surface area contributed by atoms with Crippen LogP contribution < -0.4 is 16.0 Å². The summed E-state index contributed by atoms with van der Waals surface area (Å²) in [4.78, 5) is 50.8. The van der Waals surface area contributed by atoms with E-state index < -0.39 is 23.0 Å². The molecule has 1 unspecified atom stereocenters. The molecule has 0 aliphatic heterocycles. The average Bonchev–Trinajstić information content (AvgIpc) is 3.49. The molecule has 0 aliphatic carbocycles. The third kappa shape index (κ3) is 8.41. The Morgan fingerprint density at radius 1 is 0.878 bits per heavy atom. The molecule has 0 bridgehead atoms. The van der Waals surface area contributed by atoms with Crippen LogP contribution in [0.15, 0.2) is 106 Å². The first kappa shape index (κ1) is 29.3. The van der Waals surface area contributed by atoms with Gasteiger partial charge in [0.2, 0.25) is 5.91 Å². The summed E-state index contributed by atoms with van der Waals surface area (Å²) in [6.07, 6.45) is 2.16. The van der Waals surface area contributed by atoms with E-state index in [1.165, 1.54) is 35.2 Å². The Morgan fingerprint density at radius 2 is 1.63 bits per heavy atom. The fourth-order valence-electron chi connectivity index (χ4n) is 3.72. The highest BCUT2D eigenvalue weighted by molar-refractivity contribution is 8.00. The van der Waals surface area contributed by atoms with Crippen LogP contribution in [0, 0.1) is 0 Å². The molecule has 0 saturated carbocycles. The van der Waals surface area contributed by atoms with Crippen molar-refractivity contribution in [1.29, 1.82) is 0 Å². The highest BCUT2D eigenvalue weighted by Crippen LogP contribution is 2.29. The number of carboxylic acid groups (broad SMARTS) is 1. The van der Waals surface area contributed by atoms with Crippen LogP contribution >= 0.6 is 23.1 Å². The Labute approximate surface area is 245 Å². The molecule has 3 amide bonds. The lowest BCUT2D eigenvalue weighted by atomic mass is 10.2. The van der Waals surface area contributed by atoms with E-state index in [2.05, 4.69) is 16.0 Å². The summed E-state index contributed by atoms with van der Waals surface area (Å²) in [5, 5.41) is 20.8. The number of carbonyl (C=O) groups excluding carboxylic acids is 3. The molecule has 0 saturated heterocycles. The second-order valence-corrected chi connectivity index (χ2v) is 10.9. The monoisotopic (exact) mass is 585 g/mol. The van der Waals surface area contributed by atoms with Gasteiger partial charge < -0.3 is 21.1 Å². The quantitative estimate of drug-likeness (QED) is 0.120. The van der Waals surface area contributed by atoms with Crippen molar-refractivity contribution < 1.29 is 24.3 Å². The highest BCUT2D eigenvalue weighted by Gasteiger charge is 2.20. The molecule has 0 aliphatic rings. The number of rotatable bonds is 11. The Morgan fingerprint density at radius 3 is 2.29 bits per heavy atom. The Bertz CT molecular complexity index is 1550. The van der Waals surface area contributed by atoms with Gasteiger partial charge in [-0.15, -0.1) is 11.8 Å². The van der Waals surface area contributed by atoms with E-state index in [1.807, 2.05) is 35.9 Å². The lowest BCUT2D eigenvalue weighted by molar-refractivity contribution is -0.116. The maximum atomic E-state index is 13.3. The molecule has 8 nitrogen and oxygen atoms in total. The summed E-state index contributed by atoms with van der Waals surface area (Å²) in [6.45, 7) is 1.90. The zero-order valence-electron chi connectivity index (χ0n) is 22.0. The fraction of sp³-hybridized carbons (Fsp3) is 0.0968. The largest absolute Gasteiger partial charge is 0.478 e. The van der Waals surface area contributed by atoms with Crippen LogP contribution in [-0.2, 0) is 9.59 Å². The molecular formula is C31H27N3O5S2. The highest BCUT2D eigenvalue weighted by atomic mass is 32.2. The van der Waals surface area contributed by atoms with Gasteiger partial charge >= 0.3 is 5.97 Å². The smallest absolute Gasteiger partial charge is 0.335 e. The van der Waals surface area contributed by atoms with Crippen LogP contribution in [0.4, 0.5) is 11.4 Å². The van der Waals surface area contributed by atoms with Gasteiger partial charge in [0.1, 0.15) is 5.70 Å². The minimum Gasteiger partial charge on any atom is -0.478 e. The molecular weight excluding hydrogens is 558 g/mol. The summed E-state index contributed by atoms with van der Waals surface area (Å²) < 4.78 is 0. The van der Waals surface area contributed by atoms with Gasteiger partial charge in [-0.05, 0) is 89.5 Å². The molecule has 1 aromatic heterocycles. The number of thiophene rings is 1. The van der Waals surface area contributed by atoms with Crippen molar-refractivity contribution in [3.63, 3.8) is 0 Å². The number of anilines is 2. The summed E-state index contributed by atoms with van der Waals surface area (Å²) in [5.41, 5.74) is 2.45. The van der Waals surface area contributed by atoms with E-state index in [0.717, 1.165) is 10.5 Å². The SMILES string of the molecule is CCC(Sc1cccc(NC(=O)/C(=C/c2ccsc2)NC(=O)c2ccccc2)c1)C(=O)Nc1ccc(C(=O)O)cc1. The van der Waals surface area contributed by atoms with Crippen molar-refractivity contribution in [2.45, 2.75) is 23.5 Å². The molecule has 1 atom stereocenters. The molecule has 41 heavy (non-hydrogen) atoms. The minimum absolute atomic E-state index is 0.0926. The summed E-state index contributed by atoms with van der Waals surface area (Å²) in [6, 6.07) is 23.6. The lowest BCUT2D eigenvalue weighted by Crippen LogP contribution is -2.30. The van der Waals surface area contributed by atoms with E-state index in [4.69, 9.17) is 5.11 Å². The van der Waals surface area contributed by atoms with Crippen molar-refractivity contribution in [3.8, 4) is 0 Å². The number of nitrogens with one attached hydrogen (secondary N) is 3. The third-order valence-corrected chi connectivity index (χ3v) is 7.88. The van der Waals surface area contributed by atoms with Crippen LogP contribution in [0.3, 0.4) is 0 Å². The Kier molecular flexibility index (Phi) is 10.1. The van der Waals surface area contributed by atoms with Crippen molar-refractivity contribution in [1.82, 2.24) is 5.32 Å². The van der Waals surface area contributed by atoms with Gasteiger partial charge in [-0.25, -0.2) is 4.79 Å². The Balaban J connectivity index is 1.44.